The Morgan fingerprint density at radius 1 is 1.23 bits per heavy atom. The van der Waals surface area contributed by atoms with Crippen LogP contribution in [0.3, 0.4) is 0 Å². The van der Waals surface area contributed by atoms with Crippen molar-refractivity contribution in [3.05, 3.63) is 64.2 Å². The molecule has 1 fully saturated rings. The lowest BCUT2D eigenvalue weighted by atomic mass is 10.1. The average Bonchev–Trinajstić information content (AvgIpc) is 3.39. The van der Waals surface area contributed by atoms with Crippen LogP contribution in [0.4, 0.5) is 0 Å². The van der Waals surface area contributed by atoms with E-state index in [1.165, 1.54) is 12.1 Å². The van der Waals surface area contributed by atoms with Crippen molar-refractivity contribution in [1.82, 2.24) is 9.62 Å². The second kappa shape index (κ2) is 7.39. The number of carbonyl (C=O) groups excluding carboxylic acids is 1. The minimum absolute atomic E-state index is 0.0286. The summed E-state index contributed by atoms with van der Waals surface area (Å²) >= 11 is 6.08. The van der Waals surface area contributed by atoms with E-state index in [-0.39, 0.29) is 21.9 Å². The van der Waals surface area contributed by atoms with Crippen LogP contribution in [0.1, 0.15) is 34.3 Å². The first-order valence-corrected chi connectivity index (χ1v) is 10.3. The van der Waals surface area contributed by atoms with E-state index >= 15 is 0 Å². The summed E-state index contributed by atoms with van der Waals surface area (Å²) in [5.41, 5.74) is 2.43. The number of carbonyl (C=O) groups is 1. The van der Waals surface area contributed by atoms with Crippen LogP contribution >= 0.6 is 11.6 Å². The van der Waals surface area contributed by atoms with E-state index in [0.29, 0.717) is 12.1 Å². The Labute approximate surface area is 159 Å². The van der Waals surface area contributed by atoms with E-state index < -0.39 is 10.0 Å². The van der Waals surface area contributed by atoms with Crippen LogP contribution in [0.15, 0.2) is 47.4 Å². The Bertz CT molecular complexity index is 940. The van der Waals surface area contributed by atoms with Crippen molar-refractivity contribution in [3.63, 3.8) is 0 Å². The maximum absolute atomic E-state index is 12.8. The molecule has 0 atom stereocenters. The molecule has 0 aromatic heterocycles. The number of sulfonamides is 1. The van der Waals surface area contributed by atoms with E-state index in [4.69, 9.17) is 11.6 Å². The first kappa shape index (κ1) is 18.9. The molecule has 2 aromatic carbocycles. The van der Waals surface area contributed by atoms with Gasteiger partial charge < -0.3 is 4.90 Å². The fourth-order valence-electron chi connectivity index (χ4n) is 2.66. The van der Waals surface area contributed by atoms with Crippen molar-refractivity contribution >= 4 is 27.5 Å². The lowest BCUT2D eigenvalue weighted by molar-refractivity contribution is 0.0784. The number of nitrogens with one attached hydrogen (secondary N) is 1. The third-order valence-corrected chi connectivity index (χ3v) is 6.38. The van der Waals surface area contributed by atoms with Crippen molar-refractivity contribution < 1.29 is 13.2 Å². The number of nitrogens with zero attached hydrogens (tertiary/aromatic N) is 1. The number of halogens is 1. The number of hydrogen-bond donors (Lipinski definition) is 1. The van der Waals surface area contributed by atoms with Crippen LogP contribution in [0.2, 0.25) is 5.02 Å². The fraction of sp³-hybridized carbons (Fsp3) is 0.316. The molecule has 7 heteroatoms. The predicted molar refractivity (Wildman–Crippen MR) is 102 cm³/mol. The highest BCUT2D eigenvalue weighted by Crippen LogP contribution is 2.27. The quantitative estimate of drug-likeness (QED) is 0.819. The second-order valence-corrected chi connectivity index (χ2v) is 8.72. The van der Waals surface area contributed by atoms with Crippen molar-refractivity contribution in [2.75, 3.05) is 7.05 Å². The van der Waals surface area contributed by atoms with Gasteiger partial charge in [-0.25, -0.2) is 13.1 Å². The maximum Gasteiger partial charge on any atom is 0.253 e. The van der Waals surface area contributed by atoms with Gasteiger partial charge in [0.15, 0.2) is 0 Å². The van der Waals surface area contributed by atoms with Crippen molar-refractivity contribution in [3.8, 4) is 0 Å². The molecule has 138 valence electrons. The summed E-state index contributed by atoms with van der Waals surface area (Å²) in [5.74, 6) is -0.257. The highest BCUT2D eigenvalue weighted by atomic mass is 35.5. The summed E-state index contributed by atoms with van der Waals surface area (Å²) in [7, 11) is -2.03. The van der Waals surface area contributed by atoms with E-state index in [9.17, 15) is 13.2 Å². The molecule has 1 aliphatic carbocycles. The molecule has 3 rings (SSSR count). The molecule has 0 aliphatic heterocycles. The van der Waals surface area contributed by atoms with E-state index in [2.05, 4.69) is 4.72 Å². The van der Waals surface area contributed by atoms with Crippen LogP contribution in [0.25, 0.3) is 0 Å². The average molecular weight is 393 g/mol. The van der Waals surface area contributed by atoms with Gasteiger partial charge in [-0.2, -0.15) is 0 Å². The van der Waals surface area contributed by atoms with Gasteiger partial charge >= 0.3 is 0 Å². The highest BCUT2D eigenvalue weighted by molar-refractivity contribution is 7.89. The smallest absolute Gasteiger partial charge is 0.253 e. The van der Waals surface area contributed by atoms with Gasteiger partial charge in [0.05, 0.1) is 5.02 Å². The molecule has 1 aliphatic rings. The van der Waals surface area contributed by atoms with Gasteiger partial charge in [-0.3, -0.25) is 4.79 Å². The van der Waals surface area contributed by atoms with Crippen molar-refractivity contribution in [2.24, 2.45) is 0 Å². The molecule has 0 radical (unpaired) electrons. The molecule has 0 bridgehead atoms. The van der Waals surface area contributed by atoms with E-state index in [1.54, 1.807) is 18.0 Å². The van der Waals surface area contributed by atoms with Gasteiger partial charge in [0.25, 0.3) is 5.91 Å². The molecule has 1 saturated carbocycles. The second-order valence-electron chi connectivity index (χ2n) is 6.63. The molecule has 2 aromatic rings. The molecule has 0 heterocycles. The zero-order valence-corrected chi connectivity index (χ0v) is 16.3. The predicted octanol–water partition coefficient (Wildman–Crippen LogP) is 3.36. The molecule has 0 saturated heterocycles. The van der Waals surface area contributed by atoms with Gasteiger partial charge in [-0.1, -0.05) is 35.9 Å². The van der Waals surface area contributed by atoms with Gasteiger partial charge in [-0.15, -0.1) is 0 Å². The number of hydrogen-bond acceptors (Lipinski definition) is 3. The Morgan fingerprint density at radius 2 is 1.92 bits per heavy atom. The van der Waals surface area contributed by atoms with Gasteiger partial charge in [0.2, 0.25) is 10.0 Å². The normalized spacial score (nSPS) is 14.3. The van der Waals surface area contributed by atoms with Crippen LogP contribution < -0.4 is 4.72 Å². The van der Waals surface area contributed by atoms with Gasteiger partial charge in [0.1, 0.15) is 4.90 Å². The highest BCUT2D eigenvalue weighted by Gasteiger charge is 2.30. The molecular weight excluding hydrogens is 372 g/mol. The first-order chi connectivity index (χ1) is 12.3. The van der Waals surface area contributed by atoms with Crippen molar-refractivity contribution in [1.29, 1.82) is 0 Å². The number of amides is 1. The number of benzene rings is 2. The number of rotatable bonds is 6. The monoisotopic (exact) mass is 392 g/mol. The van der Waals surface area contributed by atoms with E-state index in [0.717, 1.165) is 24.0 Å². The van der Waals surface area contributed by atoms with Crippen LogP contribution in [0, 0.1) is 6.92 Å². The first-order valence-electron chi connectivity index (χ1n) is 8.40. The summed E-state index contributed by atoms with van der Waals surface area (Å²) in [6.07, 6.45) is 1.66. The number of aryl methyl sites for hydroxylation is 1. The van der Waals surface area contributed by atoms with Crippen molar-refractivity contribution in [2.45, 2.75) is 37.2 Å². The zero-order valence-electron chi connectivity index (χ0n) is 14.7. The molecule has 26 heavy (non-hydrogen) atoms. The fourth-order valence-corrected chi connectivity index (χ4v) is 4.49. The maximum atomic E-state index is 12.8. The standard InChI is InChI=1S/C19H21ClN2O3S/c1-13-5-3-4-6-15(13)12-22(2)19(23)14-7-10-17(20)18(11-14)26(24,25)21-16-8-9-16/h3-7,10-11,16,21H,8-9,12H2,1-2H3. The summed E-state index contributed by atoms with van der Waals surface area (Å²) < 4.78 is 27.5. The Morgan fingerprint density at radius 3 is 2.58 bits per heavy atom. The molecular formula is C19H21ClN2O3S. The molecule has 1 amide bonds. The summed E-state index contributed by atoms with van der Waals surface area (Å²) in [5, 5.41) is 0.108. The van der Waals surface area contributed by atoms with Gasteiger partial charge in [-0.05, 0) is 49.1 Å². The van der Waals surface area contributed by atoms with E-state index in [1.807, 2.05) is 31.2 Å². The molecule has 1 N–H and O–H groups in total. The summed E-state index contributed by atoms with van der Waals surface area (Å²) in [6.45, 7) is 2.43. The van der Waals surface area contributed by atoms with Crippen LogP contribution in [0.5, 0.6) is 0 Å². The Balaban J connectivity index is 1.83. The minimum atomic E-state index is -3.73. The zero-order chi connectivity index (χ0) is 18.9. The van der Waals surface area contributed by atoms with Gasteiger partial charge in [0, 0.05) is 25.2 Å². The molecule has 0 unspecified atom stereocenters. The topological polar surface area (TPSA) is 66.5 Å². The SMILES string of the molecule is Cc1ccccc1CN(C)C(=O)c1ccc(Cl)c(S(=O)(=O)NC2CC2)c1. The summed E-state index contributed by atoms with van der Waals surface area (Å²) in [6, 6.07) is 12.2. The molecule has 5 nitrogen and oxygen atoms in total. The Hall–Kier alpha value is -1.89. The lowest BCUT2D eigenvalue weighted by Crippen LogP contribution is -2.28. The van der Waals surface area contributed by atoms with Crippen LogP contribution in [-0.4, -0.2) is 32.3 Å². The largest absolute Gasteiger partial charge is 0.337 e. The lowest BCUT2D eigenvalue weighted by Gasteiger charge is -2.19. The molecule has 0 spiro atoms. The summed E-state index contributed by atoms with van der Waals surface area (Å²) in [4.78, 5) is 14.3. The Kier molecular flexibility index (Phi) is 5.37. The minimum Gasteiger partial charge on any atom is -0.337 e. The third-order valence-electron chi connectivity index (χ3n) is 4.38. The van der Waals surface area contributed by atoms with Crippen LogP contribution in [-0.2, 0) is 16.6 Å². The third kappa shape index (κ3) is 4.26.